The van der Waals surface area contributed by atoms with Crippen molar-refractivity contribution in [3.63, 3.8) is 0 Å². The summed E-state index contributed by atoms with van der Waals surface area (Å²) in [5.74, 6) is 0.757. The second-order valence-electron chi connectivity index (χ2n) is 9.15. The molecule has 0 spiro atoms. The molecule has 176 valence electrons. The monoisotopic (exact) mass is 468 g/mol. The number of likely N-dealkylation sites (N-methyl/N-ethyl adjacent to an activating group) is 3. The van der Waals surface area contributed by atoms with E-state index in [0.29, 0.717) is 17.0 Å². The fourth-order valence-corrected chi connectivity index (χ4v) is 4.23. The van der Waals surface area contributed by atoms with Crippen LogP contribution in [0.5, 0.6) is 0 Å². The van der Waals surface area contributed by atoms with Crippen LogP contribution in [-0.4, -0.2) is 91.7 Å². The Morgan fingerprint density at radius 2 is 1.67 bits per heavy atom. The van der Waals surface area contributed by atoms with Crippen molar-refractivity contribution in [2.75, 3.05) is 72.4 Å². The Bertz CT molecular complexity index is 1150. The summed E-state index contributed by atoms with van der Waals surface area (Å²) in [6.45, 7) is 6.42. The van der Waals surface area contributed by atoms with Gasteiger partial charge in [-0.2, -0.15) is 0 Å². The summed E-state index contributed by atoms with van der Waals surface area (Å²) in [6, 6.07) is 13.3. The standard InChI is InChI=1S/C25H33ClN6O/c1-28(2)11-14-30(4)21-9-10-22-23(17-21)27-24(18-31-15-12-29(3)13-16-31)32(25(22)33)20-7-5-19(26)6-8-20/h5-10,17H,11-16,18H2,1-4H3. The van der Waals surface area contributed by atoms with Crippen LogP contribution in [0.4, 0.5) is 5.69 Å². The Hall–Kier alpha value is -2.45. The van der Waals surface area contributed by atoms with Crippen LogP contribution < -0.4 is 10.5 Å². The SMILES string of the molecule is CN(C)CCN(C)c1ccc2c(=O)n(-c3ccc(Cl)cc3)c(CN3CCN(C)CC3)nc2c1. The molecule has 1 aliphatic heterocycles. The zero-order valence-corrected chi connectivity index (χ0v) is 20.7. The normalized spacial score (nSPS) is 15.5. The van der Waals surface area contributed by atoms with Crippen molar-refractivity contribution >= 4 is 28.2 Å². The van der Waals surface area contributed by atoms with Crippen LogP contribution in [0.1, 0.15) is 5.82 Å². The molecule has 0 amide bonds. The topological polar surface area (TPSA) is 47.9 Å². The van der Waals surface area contributed by atoms with Gasteiger partial charge >= 0.3 is 0 Å². The molecule has 0 unspecified atom stereocenters. The van der Waals surface area contributed by atoms with Crippen molar-refractivity contribution in [3.8, 4) is 5.69 Å². The number of hydrogen-bond acceptors (Lipinski definition) is 6. The molecule has 7 nitrogen and oxygen atoms in total. The van der Waals surface area contributed by atoms with E-state index in [1.54, 1.807) is 4.57 Å². The molecule has 2 aromatic carbocycles. The van der Waals surface area contributed by atoms with Crippen LogP contribution in [0.3, 0.4) is 0 Å². The fraction of sp³-hybridized carbons (Fsp3) is 0.440. The van der Waals surface area contributed by atoms with E-state index in [-0.39, 0.29) is 5.56 Å². The summed E-state index contributed by atoms with van der Waals surface area (Å²) in [5.41, 5.74) is 2.54. The highest BCUT2D eigenvalue weighted by Gasteiger charge is 2.19. The molecule has 0 aliphatic carbocycles. The lowest BCUT2D eigenvalue weighted by Crippen LogP contribution is -2.44. The van der Waals surface area contributed by atoms with E-state index in [0.717, 1.165) is 62.0 Å². The number of piperazine rings is 1. The molecule has 1 aliphatic rings. The molecule has 8 heteroatoms. The number of hydrogen-bond donors (Lipinski definition) is 0. The molecule has 1 aromatic heterocycles. The number of halogens is 1. The third-order valence-electron chi connectivity index (χ3n) is 6.29. The first kappa shape index (κ1) is 23.7. The predicted molar refractivity (Wildman–Crippen MR) is 137 cm³/mol. The van der Waals surface area contributed by atoms with Gasteiger partial charge in [0, 0.05) is 57.0 Å². The first-order valence-electron chi connectivity index (χ1n) is 11.4. The third kappa shape index (κ3) is 5.55. The van der Waals surface area contributed by atoms with Gasteiger partial charge in [-0.15, -0.1) is 0 Å². The van der Waals surface area contributed by atoms with E-state index in [1.165, 1.54) is 0 Å². The molecule has 1 saturated heterocycles. The Kier molecular flexibility index (Phi) is 7.34. The molecule has 0 bridgehead atoms. The summed E-state index contributed by atoms with van der Waals surface area (Å²) in [7, 11) is 8.35. The Morgan fingerprint density at radius 3 is 2.33 bits per heavy atom. The number of nitrogens with zero attached hydrogens (tertiary/aromatic N) is 6. The molecule has 33 heavy (non-hydrogen) atoms. The van der Waals surface area contributed by atoms with Gasteiger partial charge < -0.3 is 14.7 Å². The van der Waals surface area contributed by atoms with Crippen molar-refractivity contribution in [3.05, 3.63) is 63.7 Å². The summed E-state index contributed by atoms with van der Waals surface area (Å²) in [6.07, 6.45) is 0. The van der Waals surface area contributed by atoms with Gasteiger partial charge in [0.1, 0.15) is 5.82 Å². The molecule has 1 fully saturated rings. The highest BCUT2D eigenvalue weighted by molar-refractivity contribution is 6.30. The van der Waals surface area contributed by atoms with Crippen molar-refractivity contribution in [2.24, 2.45) is 0 Å². The van der Waals surface area contributed by atoms with Gasteiger partial charge in [0.25, 0.3) is 5.56 Å². The summed E-state index contributed by atoms with van der Waals surface area (Å²) < 4.78 is 1.74. The zero-order chi connectivity index (χ0) is 23.5. The van der Waals surface area contributed by atoms with Crippen LogP contribution in [0.25, 0.3) is 16.6 Å². The molecular formula is C25H33ClN6O. The van der Waals surface area contributed by atoms with Crippen LogP contribution in [0, 0.1) is 0 Å². The quantitative estimate of drug-likeness (QED) is 0.531. The lowest BCUT2D eigenvalue weighted by Gasteiger charge is -2.32. The minimum atomic E-state index is -0.0473. The first-order chi connectivity index (χ1) is 15.8. The van der Waals surface area contributed by atoms with Crippen molar-refractivity contribution in [1.82, 2.24) is 24.3 Å². The van der Waals surface area contributed by atoms with Crippen LogP contribution in [-0.2, 0) is 6.54 Å². The van der Waals surface area contributed by atoms with E-state index in [4.69, 9.17) is 16.6 Å². The first-order valence-corrected chi connectivity index (χ1v) is 11.8. The highest BCUT2D eigenvalue weighted by Crippen LogP contribution is 2.21. The number of aromatic nitrogens is 2. The zero-order valence-electron chi connectivity index (χ0n) is 20.0. The van der Waals surface area contributed by atoms with Crippen LogP contribution >= 0.6 is 11.6 Å². The van der Waals surface area contributed by atoms with E-state index in [9.17, 15) is 4.79 Å². The van der Waals surface area contributed by atoms with Crippen molar-refractivity contribution in [1.29, 1.82) is 0 Å². The summed E-state index contributed by atoms with van der Waals surface area (Å²) >= 11 is 6.11. The highest BCUT2D eigenvalue weighted by atomic mass is 35.5. The predicted octanol–water partition coefficient (Wildman–Crippen LogP) is 2.78. The summed E-state index contributed by atoms with van der Waals surface area (Å²) in [4.78, 5) is 27.7. The Labute approximate surface area is 200 Å². The van der Waals surface area contributed by atoms with Crippen molar-refractivity contribution in [2.45, 2.75) is 6.54 Å². The minimum Gasteiger partial charge on any atom is -0.373 e. The lowest BCUT2D eigenvalue weighted by atomic mass is 10.2. The van der Waals surface area contributed by atoms with Gasteiger partial charge in [-0.3, -0.25) is 14.3 Å². The Morgan fingerprint density at radius 1 is 0.970 bits per heavy atom. The van der Waals surface area contributed by atoms with Gasteiger partial charge in [-0.25, -0.2) is 4.98 Å². The molecule has 4 rings (SSSR count). The van der Waals surface area contributed by atoms with E-state index < -0.39 is 0 Å². The maximum Gasteiger partial charge on any atom is 0.266 e. The minimum absolute atomic E-state index is 0.0473. The largest absolute Gasteiger partial charge is 0.373 e. The van der Waals surface area contributed by atoms with Crippen LogP contribution in [0.15, 0.2) is 47.3 Å². The molecule has 2 heterocycles. The average Bonchev–Trinajstić information content (AvgIpc) is 2.79. The molecule has 0 atom stereocenters. The third-order valence-corrected chi connectivity index (χ3v) is 6.54. The van der Waals surface area contributed by atoms with Gasteiger partial charge in [0.15, 0.2) is 0 Å². The molecule has 0 radical (unpaired) electrons. The smallest absolute Gasteiger partial charge is 0.266 e. The molecule has 0 N–H and O–H groups in total. The molecule has 0 saturated carbocycles. The van der Waals surface area contributed by atoms with Gasteiger partial charge in [0.05, 0.1) is 23.1 Å². The second kappa shape index (κ2) is 10.2. The van der Waals surface area contributed by atoms with E-state index >= 15 is 0 Å². The maximum atomic E-state index is 13.7. The average molecular weight is 469 g/mol. The van der Waals surface area contributed by atoms with E-state index in [2.05, 4.69) is 47.8 Å². The Balaban J connectivity index is 1.77. The van der Waals surface area contributed by atoms with Gasteiger partial charge in [0.2, 0.25) is 0 Å². The van der Waals surface area contributed by atoms with Crippen molar-refractivity contribution < 1.29 is 0 Å². The number of benzene rings is 2. The maximum absolute atomic E-state index is 13.7. The molecule has 3 aromatic rings. The van der Waals surface area contributed by atoms with E-state index in [1.807, 2.05) is 42.5 Å². The number of rotatable bonds is 7. The fourth-order valence-electron chi connectivity index (χ4n) is 4.11. The van der Waals surface area contributed by atoms with Gasteiger partial charge in [-0.1, -0.05) is 11.6 Å². The molecular weight excluding hydrogens is 436 g/mol. The number of fused-ring (bicyclic) bond motifs is 1. The lowest BCUT2D eigenvalue weighted by molar-refractivity contribution is 0.144. The number of anilines is 1. The van der Waals surface area contributed by atoms with Gasteiger partial charge in [-0.05, 0) is 63.6 Å². The summed E-state index contributed by atoms with van der Waals surface area (Å²) in [5, 5.41) is 1.27. The second-order valence-corrected chi connectivity index (χ2v) is 9.59. The van der Waals surface area contributed by atoms with Crippen LogP contribution in [0.2, 0.25) is 5.02 Å².